The third-order valence-corrected chi connectivity index (χ3v) is 2.53. The minimum Gasteiger partial charge on any atom is -0.481 e. The lowest BCUT2D eigenvalue weighted by Crippen LogP contribution is -2.23. The maximum absolute atomic E-state index is 10.8. The summed E-state index contributed by atoms with van der Waals surface area (Å²) in [5.74, 6) is -0.732. The molecule has 0 bridgehead atoms. The molecule has 0 aliphatic carbocycles. The fourth-order valence-corrected chi connectivity index (χ4v) is 1.33. The van der Waals surface area contributed by atoms with Gasteiger partial charge in [-0.05, 0) is 33.1 Å². The summed E-state index contributed by atoms with van der Waals surface area (Å²) >= 11 is 0. The van der Waals surface area contributed by atoms with Crippen molar-refractivity contribution in [1.82, 2.24) is 15.4 Å². The molecule has 0 unspecified atom stereocenters. The van der Waals surface area contributed by atoms with Crippen LogP contribution >= 0.6 is 0 Å². The van der Waals surface area contributed by atoms with E-state index in [9.17, 15) is 4.79 Å². The van der Waals surface area contributed by atoms with Gasteiger partial charge in [0.2, 0.25) is 0 Å². The monoisotopic (exact) mass is 211 g/mol. The van der Waals surface area contributed by atoms with Gasteiger partial charge in [0, 0.05) is 6.20 Å². The molecule has 1 aromatic rings. The number of nitrogens with one attached hydrogen (secondary N) is 1. The van der Waals surface area contributed by atoms with Crippen LogP contribution in [0.25, 0.3) is 0 Å². The van der Waals surface area contributed by atoms with Crippen LogP contribution in [0.3, 0.4) is 0 Å². The highest BCUT2D eigenvalue weighted by Gasteiger charge is 2.25. The number of H-pyrrole nitrogens is 1. The van der Waals surface area contributed by atoms with Crippen molar-refractivity contribution in [3.05, 3.63) is 11.9 Å². The van der Waals surface area contributed by atoms with Crippen LogP contribution in [-0.4, -0.2) is 26.5 Å². The summed E-state index contributed by atoms with van der Waals surface area (Å²) in [5.41, 5.74) is 0.312. The zero-order valence-corrected chi connectivity index (χ0v) is 9.16. The fourth-order valence-electron chi connectivity index (χ4n) is 1.33. The molecule has 0 aliphatic rings. The molecule has 1 rings (SSSR count). The number of unbranched alkanes of at least 4 members (excludes halogenated alkanes) is 1. The molecule has 0 amide bonds. The van der Waals surface area contributed by atoms with E-state index in [-0.39, 0.29) is 0 Å². The first-order chi connectivity index (χ1) is 7.02. The van der Waals surface area contributed by atoms with Gasteiger partial charge in [-0.25, -0.2) is 0 Å². The second kappa shape index (κ2) is 4.91. The summed E-state index contributed by atoms with van der Waals surface area (Å²) in [6, 6.07) is 0. The van der Waals surface area contributed by atoms with Gasteiger partial charge < -0.3 is 5.11 Å². The topological polar surface area (TPSA) is 78.9 Å². The molecule has 0 atom stereocenters. The van der Waals surface area contributed by atoms with E-state index in [1.54, 1.807) is 20.0 Å². The summed E-state index contributed by atoms with van der Waals surface area (Å²) in [7, 11) is 0. The molecule has 0 saturated heterocycles. The first kappa shape index (κ1) is 11.7. The third kappa shape index (κ3) is 3.69. The summed E-state index contributed by atoms with van der Waals surface area (Å²) in [4.78, 5) is 10.8. The zero-order chi connectivity index (χ0) is 11.3. The molecule has 15 heavy (non-hydrogen) atoms. The van der Waals surface area contributed by atoms with E-state index in [0.29, 0.717) is 6.42 Å². The predicted octanol–water partition coefficient (Wildman–Crippen LogP) is 1.63. The highest BCUT2D eigenvalue weighted by molar-refractivity contribution is 5.73. The zero-order valence-electron chi connectivity index (χ0n) is 9.16. The third-order valence-electron chi connectivity index (χ3n) is 2.53. The molecule has 5 heteroatoms. The van der Waals surface area contributed by atoms with Gasteiger partial charge in [0.15, 0.2) is 0 Å². The molecule has 2 N–H and O–H groups in total. The number of aryl methyl sites for hydroxylation is 1. The number of carbonyl (C=O) groups is 1. The van der Waals surface area contributed by atoms with Crippen LogP contribution in [0.1, 0.15) is 38.8 Å². The number of carboxylic acids is 1. The molecule has 0 aliphatic heterocycles. The van der Waals surface area contributed by atoms with E-state index in [1.165, 1.54) is 0 Å². The highest BCUT2D eigenvalue weighted by Crippen LogP contribution is 2.23. The molecule has 0 aromatic carbocycles. The number of carboxylic acid groups (broad SMARTS) is 1. The van der Waals surface area contributed by atoms with E-state index in [0.717, 1.165) is 25.0 Å². The molecule has 84 valence electrons. The Kier molecular flexibility index (Phi) is 3.82. The highest BCUT2D eigenvalue weighted by atomic mass is 16.4. The molecule has 0 saturated carbocycles. The first-order valence-electron chi connectivity index (χ1n) is 5.11. The number of aliphatic carboxylic acids is 1. The van der Waals surface area contributed by atoms with Crippen LogP contribution in [0.4, 0.5) is 0 Å². The Labute approximate surface area is 88.9 Å². The van der Waals surface area contributed by atoms with Crippen molar-refractivity contribution >= 4 is 5.97 Å². The molecule has 0 fully saturated rings. The summed E-state index contributed by atoms with van der Waals surface area (Å²) in [6.45, 7) is 3.51. The van der Waals surface area contributed by atoms with Crippen molar-refractivity contribution in [3.63, 3.8) is 0 Å². The van der Waals surface area contributed by atoms with Crippen LogP contribution in [0.2, 0.25) is 0 Å². The van der Waals surface area contributed by atoms with Gasteiger partial charge in [0.1, 0.15) is 0 Å². The Morgan fingerprint density at radius 2 is 2.27 bits per heavy atom. The van der Waals surface area contributed by atoms with E-state index < -0.39 is 11.4 Å². The molecular formula is C10H17N3O2. The summed E-state index contributed by atoms with van der Waals surface area (Å²) in [5, 5.41) is 19.0. The van der Waals surface area contributed by atoms with Gasteiger partial charge in [-0.2, -0.15) is 0 Å². The Morgan fingerprint density at radius 3 is 2.80 bits per heavy atom. The van der Waals surface area contributed by atoms with Crippen molar-refractivity contribution in [3.8, 4) is 0 Å². The van der Waals surface area contributed by atoms with E-state index >= 15 is 0 Å². The van der Waals surface area contributed by atoms with Crippen LogP contribution < -0.4 is 0 Å². The van der Waals surface area contributed by atoms with Crippen molar-refractivity contribution in [2.75, 3.05) is 0 Å². The summed E-state index contributed by atoms with van der Waals surface area (Å²) in [6.07, 6.45) is 5.16. The second-order valence-corrected chi connectivity index (χ2v) is 4.36. The van der Waals surface area contributed by atoms with E-state index in [2.05, 4.69) is 15.4 Å². The Hall–Kier alpha value is -1.39. The number of hydrogen-bond donors (Lipinski definition) is 2. The average Bonchev–Trinajstić information content (AvgIpc) is 2.64. The van der Waals surface area contributed by atoms with Crippen molar-refractivity contribution in [1.29, 1.82) is 0 Å². The lowest BCUT2D eigenvalue weighted by atomic mass is 9.87. The molecule has 0 radical (unpaired) electrons. The molecule has 0 spiro atoms. The van der Waals surface area contributed by atoms with Crippen LogP contribution in [-0.2, 0) is 11.2 Å². The molecule has 1 heterocycles. The maximum atomic E-state index is 10.8. The standard InChI is InChI=1S/C10H17N3O2/c1-10(2,9(14)15)6-4-3-5-8-7-11-13-12-8/h7H,3-6H2,1-2H3,(H,14,15)(H,11,12,13). The summed E-state index contributed by atoms with van der Waals surface area (Å²) < 4.78 is 0. The lowest BCUT2D eigenvalue weighted by molar-refractivity contribution is -0.147. The first-order valence-corrected chi connectivity index (χ1v) is 5.11. The molecule has 5 nitrogen and oxygen atoms in total. The number of rotatable bonds is 6. The van der Waals surface area contributed by atoms with Gasteiger partial charge in [-0.1, -0.05) is 11.6 Å². The van der Waals surface area contributed by atoms with Gasteiger partial charge in [-0.15, -0.1) is 5.10 Å². The SMILES string of the molecule is CC(C)(CCCCc1c[nH]nn1)C(=O)O. The maximum Gasteiger partial charge on any atom is 0.309 e. The second-order valence-electron chi connectivity index (χ2n) is 4.36. The van der Waals surface area contributed by atoms with E-state index in [1.807, 2.05) is 0 Å². The average molecular weight is 211 g/mol. The quantitative estimate of drug-likeness (QED) is 0.701. The van der Waals surface area contributed by atoms with E-state index in [4.69, 9.17) is 5.11 Å². The van der Waals surface area contributed by atoms with Crippen molar-refractivity contribution in [2.45, 2.75) is 39.5 Å². The normalized spacial score (nSPS) is 11.6. The van der Waals surface area contributed by atoms with Gasteiger partial charge in [0.05, 0.1) is 11.1 Å². The van der Waals surface area contributed by atoms with Crippen LogP contribution in [0.15, 0.2) is 6.20 Å². The lowest BCUT2D eigenvalue weighted by Gasteiger charge is -2.18. The smallest absolute Gasteiger partial charge is 0.309 e. The van der Waals surface area contributed by atoms with Crippen molar-refractivity contribution < 1.29 is 9.90 Å². The number of nitrogens with zero attached hydrogens (tertiary/aromatic N) is 2. The number of hydrogen-bond acceptors (Lipinski definition) is 3. The van der Waals surface area contributed by atoms with Crippen LogP contribution in [0.5, 0.6) is 0 Å². The Bertz CT molecular complexity index is 306. The minimum atomic E-state index is -0.732. The predicted molar refractivity (Wildman–Crippen MR) is 55.4 cm³/mol. The van der Waals surface area contributed by atoms with Crippen LogP contribution in [0, 0.1) is 5.41 Å². The minimum absolute atomic E-state index is 0.621. The van der Waals surface area contributed by atoms with Gasteiger partial charge >= 0.3 is 5.97 Å². The Morgan fingerprint density at radius 1 is 1.53 bits per heavy atom. The number of aromatic amines is 1. The number of aromatic nitrogens is 3. The fraction of sp³-hybridized carbons (Fsp3) is 0.700. The molecular weight excluding hydrogens is 194 g/mol. The van der Waals surface area contributed by atoms with Crippen molar-refractivity contribution in [2.24, 2.45) is 5.41 Å². The van der Waals surface area contributed by atoms with Gasteiger partial charge in [0.25, 0.3) is 0 Å². The molecule has 1 aromatic heterocycles. The Balaban J connectivity index is 2.19. The van der Waals surface area contributed by atoms with Gasteiger partial charge in [-0.3, -0.25) is 9.89 Å². The largest absolute Gasteiger partial charge is 0.481 e.